The number of rotatable bonds is 3. The van der Waals surface area contributed by atoms with Crippen LogP contribution in [0.25, 0.3) is 0 Å². The molecule has 0 unspecified atom stereocenters. The first-order valence-electron chi connectivity index (χ1n) is 5.16. The second-order valence-corrected chi connectivity index (χ2v) is 3.99. The Labute approximate surface area is 91.2 Å². The van der Waals surface area contributed by atoms with E-state index in [0.717, 1.165) is 0 Å². The molecule has 0 spiro atoms. The van der Waals surface area contributed by atoms with Crippen LogP contribution < -0.4 is 10.6 Å². The van der Waals surface area contributed by atoms with Crippen molar-refractivity contribution < 1.29 is 23.1 Å². The van der Waals surface area contributed by atoms with Gasteiger partial charge in [-0.05, 0) is 25.7 Å². The Balaban J connectivity index is 2.19. The highest BCUT2D eigenvalue weighted by Crippen LogP contribution is 2.20. The van der Waals surface area contributed by atoms with Crippen molar-refractivity contribution >= 4 is 6.09 Å². The smallest absolute Gasteiger partial charge is 0.404 e. The molecular formula is C9H15F3N2O2. The zero-order chi connectivity index (χ0) is 12.2. The van der Waals surface area contributed by atoms with Crippen LogP contribution >= 0.6 is 0 Å². The molecule has 1 aliphatic rings. The molecule has 0 atom stereocenters. The summed E-state index contributed by atoms with van der Waals surface area (Å²) in [6.45, 7) is -0.977. The fraction of sp³-hybridized carbons (Fsp3) is 0.889. The number of carboxylic acid groups (broad SMARTS) is 1. The lowest BCUT2D eigenvalue weighted by Gasteiger charge is -2.29. The number of amides is 1. The number of hydrogen-bond donors (Lipinski definition) is 3. The highest BCUT2D eigenvalue weighted by atomic mass is 19.4. The average molecular weight is 240 g/mol. The third kappa shape index (κ3) is 5.20. The molecule has 1 amide bonds. The first-order chi connectivity index (χ1) is 7.37. The quantitative estimate of drug-likeness (QED) is 0.703. The summed E-state index contributed by atoms with van der Waals surface area (Å²) in [5, 5.41) is 13.2. The van der Waals surface area contributed by atoms with Gasteiger partial charge in [0, 0.05) is 12.1 Å². The van der Waals surface area contributed by atoms with E-state index >= 15 is 0 Å². The molecular weight excluding hydrogens is 225 g/mol. The van der Waals surface area contributed by atoms with Gasteiger partial charge in [-0.2, -0.15) is 13.2 Å². The number of hydrogen-bond acceptors (Lipinski definition) is 2. The molecule has 1 fully saturated rings. The maximum absolute atomic E-state index is 11.9. The first kappa shape index (κ1) is 13.1. The molecule has 94 valence electrons. The number of alkyl halides is 3. The van der Waals surface area contributed by atoms with Gasteiger partial charge in [0.2, 0.25) is 0 Å². The summed E-state index contributed by atoms with van der Waals surface area (Å²) in [7, 11) is 0. The van der Waals surface area contributed by atoms with Gasteiger partial charge in [-0.25, -0.2) is 4.79 Å². The fourth-order valence-corrected chi connectivity index (χ4v) is 1.88. The summed E-state index contributed by atoms with van der Waals surface area (Å²) in [4.78, 5) is 10.3. The van der Waals surface area contributed by atoms with Crippen LogP contribution in [0.1, 0.15) is 25.7 Å². The molecule has 0 radical (unpaired) electrons. The van der Waals surface area contributed by atoms with Crippen LogP contribution in [-0.2, 0) is 0 Å². The molecule has 1 saturated carbocycles. The van der Waals surface area contributed by atoms with Gasteiger partial charge >= 0.3 is 12.3 Å². The summed E-state index contributed by atoms with van der Waals surface area (Å²) in [5.74, 6) is 0. The van der Waals surface area contributed by atoms with Crippen molar-refractivity contribution in [1.29, 1.82) is 0 Å². The topological polar surface area (TPSA) is 61.4 Å². The van der Waals surface area contributed by atoms with Crippen molar-refractivity contribution in [3.05, 3.63) is 0 Å². The molecule has 0 heterocycles. The van der Waals surface area contributed by atoms with Crippen molar-refractivity contribution in [3.63, 3.8) is 0 Å². The second kappa shape index (κ2) is 5.38. The Hall–Kier alpha value is -0.980. The maximum atomic E-state index is 11.9. The largest absolute Gasteiger partial charge is 0.465 e. The van der Waals surface area contributed by atoms with E-state index in [-0.39, 0.29) is 12.1 Å². The Morgan fingerprint density at radius 2 is 1.69 bits per heavy atom. The van der Waals surface area contributed by atoms with E-state index in [1.807, 2.05) is 0 Å². The van der Waals surface area contributed by atoms with Crippen LogP contribution in [0.3, 0.4) is 0 Å². The molecule has 1 aliphatic carbocycles. The van der Waals surface area contributed by atoms with Gasteiger partial charge in [-0.3, -0.25) is 0 Å². The Kier molecular flexibility index (Phi) is 4.40. The molecule has 0 aliphatic heterocycles. The number of halogens is 3. The van der Waals surface area contributed by atoms with Crippen molar-refractivity contribution in [2.75, 3.05) is 6.54 Å². The minimum absolute atomic E-state index is 0.124. The highest BCUT2D eigenvalue weighted by molar-refractivity contribution is 5.64. The van der Waals surface area contributed by atoms with Crippen molar-refractivity contribution in [1.82, 2.24) is 10.6 Å². The molecule has 0 aromatic heterocycles. The zero-order valence-electron chi connectivity index (χ0n) is 8.68. The SMILES string of the molecule is O=C(O)NC1CCC(NCC(F)(F)F)CC1. The molecule has 16 heavy (non-hydrogen) atoms. The summed E-state index contributed by atoms with van der Waals surface area (Å²) in [5.41, 5.74) is 0. The van der Waals surface area contributed by atoms with E-state index in [0.29, 0.717) is 25.7 Å². The second-order valence-electron chi connectivity index (χ2n) is 3.99. The Morgan fingerprint density at radius 3 is 2.12 bits per heavy atom. The molecule has 0 bridgehead atoms. The molecule has 1 rings (SSSR count). The number of nitrogens with one attached hydrogen (secondary N) is 2. The monoisotopic (exact) mass is 240 g/mol. The zero-order valence-corrected chi connectivity index (χ0v) is 8.68. The van der Waals surface area contributed by atoms with Crippen molar-refractivity contribution in [2.24, 2.45) is 0 Å². The van der Waals surface area contributed by atoms with Gasteiger partial charge in [0.25, 0.3) is 0 Å². The van der Waals surface area contributed by atoms with E-state index in [2.05, 4.69) is 10.6 Å². The van der Waals surface area contributed by atoms with Crippen molar-refractivity contribution in [2.45, 2.75) is 43.9 Å². The van der Waals surface area contributed by atoms with Crippen LogP contribution in [0, 0.1) is 0 Å². The summed E-state index contributed by atoms with van der Waals surface area (Å²) in [6, 6.07) is -0.282. The standard InChI is InChI=1S/C9H15F3N2O2/c10-9(11,12)5-13-6-1-3-7(4-2-6)14-8(15)16/h6-7,13-14H,1-5H2,(H,15,16). The van der Waals surface area contributed by atoms with E-state index in [1.165, 1.54) is 0 Å². The third-order valence-electron chi connectivity index (χ3n) is 2.65. The lowest BCUT2D eigenvalue weighted by atomic mass is 9.91. The predicted octanol–water partition coefficient (Wildman–Crippen LogP) is 1.72. The summed E-state index contributed by atoms with van der Waals surface area (Å²) >= 11 is 0. The van der Waals surface area contributed by atoms with Crippen LogP contribution in [0.2, 0.25) is 0 Å². The van der Waals surface area contributed by atoms with Crippen LogP contribution in [0.5, 0.6) is 0 Å². The fourth-order valence-electron chi connectivity index (χ4n) is 1.88. The number of carbonyl (C=O) groups is 1. The lowest BCUT2D eigenvalue weighted by molar-refractivity contribution is -0.126. The Morgan fingerprint density at radius 1 is 1.19 bits per heavy atom. The molecule has 7 heteroatoms. The van der Waals surface area contributed by atoms with Crippen molar-refractivity contribution in [3.8, 4) is 0 Å². The predicted molar refractivity (Wildman–Crippen MR) is 51.3 cm³/mol. The normalized spacial score (nSPS) is 26.4. The molecule has 4 nitrogen and oxygen atoms in total. The van der Waals surface area contributed by atoms with Gasteiger partial charge < -0.3 is 15.7 Å². The van der Waals surface area contributed by atoms with E-state index < -0.39 is 18.8 Å². The van der Waals surface area contributed by atoms with Crippen LogP contribution in [0.15, 0.2) is 0 Å². The molecule has 0 saturated heterocycles. The molecule has 0 aromatic carbocycles. The van der Waals surface area contributed by atoms with Gasteiger partial charge in [0.15, 0.2) is 0 Å². The lowest BCUT2D eigenvalue weighted by Crippen LogP contribution is -2.44. The van der Waals surface area contributed by atoms with E-state index in [1.54, 1.807) is 0 Å². The minimum atomic E-state index is -4.18. The third-order valence-corrected chi connectivity index (χ3v) is 2.65. The van der Waals surface area contributed by atoms with Gasteiger partial charge in [-0.15, -0.1) is 0 Å². The van der Waals surface area contributed by atoms with Crippen LogP contribution in [0.4, 0.5) is 18.0 Å². The van der Waals surface area contributed by atoms with E-state index in [9.17, 15) is 18.0 Å². The molecule has 0 aromatic rings. The summed E-state index contributed by atoms with van der Waals surface area (Å²) < 4.78 is 35.7. The average Bonchev–Trinajstić information content (AvgIpc) is 2.14. The van der Waals surface area contributed by atoms with Crippen LogP contribution in [-0.4, -0.2) is 36.0 Å². The maximum Gasteiger partial charge on any atom is 0.404 e. The minimum Gasteiger partial charge on any atom is -0.465 e. The van der Waals surface area contributed by atoms with Gasteiger partial charge in [0.1, 0.15) is 0 Å². The highest BCUT2D eigenvalue weighted by Gasteiger charge is 2.29. The Bertz CT molecular complexity index is 237. The van der Waals surface area contributed by atoms with Gasteiger partial charge in [-0.1, -0.05) is 0 Å². The molecule has 3 N–H and O–H groups in total. The first-order valence-corrected chi connectivity index (χ1v) is 5.16. The van der Waals surface area contributed by atoms with Gasteiger partial charge in [0.05, 0.1) is 6.54 Å². The van der Waals surface area contributed by atoms with E-state index in [4.69, 9.17) is 5.11 Å². The summed E-state index contributed by atoms with van der Waals surface area (Å²) in [6.07, 6.45) is -2.95.